The van der Waals surface area contributed by atoms with Crippen molar-refractivity contribution < 1.29 is 9.47 Å². The maximum Gasteiger partial charge on any atom is 0.189 e. The normalized spacial score (nSPS) is 16.2. The molecule has 0 fully saturated rings. The molecule has 2 aromatic carbocycles. The van der Waals surface area contributed by atoms with Gasteiger partial charge in [-0.3, -0.25) is 0 Å². The molecule has 0 spiro atoms. The topological polar surface area (TPSA) is 46.1 Å². The standard InChI is InChI=1S/C20H23N3O2S/c1-13-5-7-14(8-6-13)18-12-17(22-23(18)20(26)21-2)16-11-15(24-3)9-10-19(16)25-4/h5-11,18H,12H2,1-4H3,(H,21,26)/t18-/m0/s1. The Morgan fingerprint density at radius 2 is 1.88 bits per heavy atom. The van der Waals surface area contributed by atoms with E-state index in [-0.39, 0.29) is 6.04 Å². The third kappa shape index (κ3) is 3.51. The second-order valence-corrected chi connectivity index (χ2v) is 6.53. The molecule has 0 radical (unpaired) electrons. The second kappa shape index (κ2) is 7.74. The van der Waals surface area contributed by atoms with Crippen LogP contribution in [0, 0.1) is 6.92 Å². The Bertz CT molecular complexity index is 833. The summed E-state index contributed by atoms with van der Waals surface area (Å²) in [5.41, 5.74) is 4.24. The number of rotatable bonds is 4. The van der Waals surface area contributed by atoms with Crippen molar-refractivity contribution in [2.75, 3.05) is 21.3 Å². The van der Waals surface area contributed by atoms with Crippen LogP contribution in [-0.4, -0.2) is 37.1 Å². The molecule has 1 aliphatic heterocycles. The molecule has 0 aliphatic carbocycles. The summed E-state index contributed by atoms with van der Waals surface area (Å²) in [6, 6.07) is 14.3. The lowest BCUT2D eigenvalue weighted by Crippen LogP contribution is -2.34. The predicted octanol–water partition coefficient (Wildman–Crippen LogP) is 3.67. The second-order valence-electron chi connectivity index (χ2n) is 6.14. The maximum absolute atomic E-state index is 5.53. The Labute approximate surface area is 159 Å². The highest BCUT2D eigenvalue weighted by Crippen LogP contribution is 2.36. The lowest BCUT2D eigenvalue weighted by atomic mass is 9.97. The first kappa shape index (κ1) is 18.2. The van der Waals surface area contributed by atoms with Crippen molar-refractivity contribution in [2.24, 2.45) is 5.10 Å². The van der Waals surface area contributed by atoms with Crippen molar-refractivity contribution in [3.8, 4) is 11.5 Å². The molecular weight excluding hydrogens is 346 g/mol. The Balaban J connectivity index is 2.01. The number of hydrogen-bond donors (Lipinski definition) is 1. The largest absolute Gasteiger partial charge is 0.497 e. The molecule has 1 atom stereocenters. The number of nitrogens with zero attached hydrogens (tertiary/aromatic N) is 2. The summed E-state index contributed by atoms with van der Waals surface area (Å²) < 4.78 is 10.9. The van der Waals surface area contributed by atoms with Gasteiger partial charge in [-0.1, -0.05) is 29.8 Å². The van der Waals surface area contributed by atoms with Gasteiger partial charge >= 0.3 is 0 Å². The van der Waals surface area contributed by atoms with Gasteiger partial charge in [0.05, 0.1) is 26.0 Å². The van der Waals surface area contributed by atoms with E-state index in [9.17, 15) is 0 Å². The van der Waals surface area contributed by atoms with Gasteiger partial charge in [-0.25, -0.2) is 5.01 Å². The highest BCUT2D eigenvalue weighted by atomic mass is 32.1. The molecule has 0 amide bonds. The quantitative estimate of drug-likeness (QED) is 0.833. The van der Waals surface area contributed by atoms with Crippen molar-refractivity contribution >= 4 is 23.0 Å². The van der Waals surface area contributed by atoms with Crippen LogP contribution in [0.15, 0.2) is 47.6 Å². The van der Waals surface area contributed by atoms with E-state index in [0.29, 0.717) is 5.11 Å². The molecule has 2 aromatic rings. The van der Waals surface area contributed by atoms with E-state index in [1.165, 1.54) is 11.1 Å². The summed E-state index contributed by atoms with van der Waals surface area (Å²) >= 11 is 5.48. The SMILES string of the molecule is CNC(=S)N1N=C(c2cc(OC)ccc2OC)C[C@H]1c1ccc(C)cc1. The number of aryl methyl sites for hydroxylation is 1. The molecule has 0 saturated heterocycles. The van der Waals surface area contributed by atoms with E-state index < -0.39 is 0 Å². The van der Waals surface area contributed by atoms with Crippen LogP contribution in [-0.2, 0) is 0 Å². The van der Waals surface area contributed by atoms with Crippen molar-refractivity contribution in [1.82, 2.24) is 10.3 Å². The zero-order chi connectivity index (χ0) is 18.7. The molecule has 1 N–H and O–H groups in total. The van der Waals surface area contributed by atoms with E-state index in [4.69, 9.17) is 26.8 Å². The average Bonchev–Trinajstić information content (AvgIpc) is 3.12. The molecule has 0 unspecified atom stereocenters. The molecule has 1 heterocycles. The van der Waals surface area contributed by atoms with Gasteiger partial charge in [-0.15, -0.1) is 0 Å². The van der Waals surface area contributed by atoms with Gasteiger partial charge in [0.2, 0.25) is 0 Å². The number of thiocarbonyl (C=S) groups is 1. The van der Waals surface area contributed by atoms with Gasteiger partial charge in [0.1, 0.15) is 11.5 Å². The number of benzene rings is 2. The van der Waals surface area contributed by atoms with E-state index in [0.717, 1.165) is 29.2 Å². The van der Waals surface area contributed by atoms with Gasteiger partial charge in [-0.2, -0.15) is 5.10 Å². The maximum atomic E-state index is 5.53. The highest BCUT2D eigenvalue weighted by molar-refractivity contribution is 7.80. The highest BCUT2D eigenvalue weighted by Gasteiger charge is 2.32. The van der Waals surface area contributed by atoms with Crippen LogP contribution in [0.3, 0.4) is 0 Å². The Morgan fingerprint density at radius 1 is 1.15 bits per heavy atom. The Hall–Kier alpha value is -2.60. The lowest BCUT2D eigenvalue weighted by Gasteiger charge is -2.23. The number of ether oxygens (including phenoxy) is 2. The van der Waals surface area contributed by atoms with Crippen LogP contribution >= 0.6 is 12.2 Å². The first-order valence-electron chi connectivity index (χ1n) is 8.44. The van der Waals surface area contributed by atoms with Crippen LogP contribution in [0.5, 0.6) is 11.5 Å². The molecule has 1 aliphatic rings. The fourth-order valence-corrected chi connectivity index (χ4v) is 3.23. The molecule has 3 rings (SSSR count). The first-order chi connectivity index (χ1) is 12.6. The fraction of sp³-hybridized carbons (Fsp3) is 0.300. The molecule has 26 heavy (non-hydrogen) atoms. The van der Waals surface area contributed by atoms with E-state index >= 15 is 0 Å². The number of methoxy groups -OCH3 is 2. The van der Waals surface area contributed by atoms with Gasteiger partial charge in [0, 0.05) is 19.0 Å². The summed E-state index contributed by atoms with van der Waals surface area (Å²) in [7, 11) is 5.13. The number of nitrogens with one attached hydrogen (secondary N) is 1. The fourth-order valence-electron chi connectivity index (χ4n) is 3.06. The molecule has 0 saturated carbocycles. The number of hydrazone groups is 1. The van der Waals surface area contributed by atoms with Crippen molar-refractivity contribution in [1.29, 1.82) is 0 Å². The summed E-state index contributed by atoms with van der Waals surface area (Å²) in [5.74, 6) is 1.54. The third-order valence-corrected chi connectivity index (χ3v) is 4.90. The monoisotopic (exact) mass is 369 g/mol. The predicted molar refractivity (Wildman–Crippen MR) is 108 cm³/mol. The summed E-state index contributed by atoms with van der Waals surface area (Å²) in [6.45, 7) is 2.08. The lowest BCUT2D eigenvalue weighted by molar-refractivity contribution is 0.366. The number of hydrogen-bond acceptors (Lipinski definition) is 4. The summed E-state index contributed by atoms with van der Waals surface area (Å²) in [4.78, 5) is 0. The van der Waals surface area contributed by atoms with Crippen molar-refractivity contribution in [2.45, 2.75) is 19.4 Å². The molecule has 5 nitrogen and oxygen atoms in total. The first-order valence-corrected chi connectivity index (χ1v) is 8.85. The van der Waals surface area contributed by atoms with Crippen LogP contribution < -0.4 is 14.8 Å². The van der Waals surface area contributed by atoms with Crippen LogP contribution in [0.1, 0.15) is 29.2 Å². The Morgan fingerprint density at radius 3 is 2.50 bits per heavy atom. The summed E-state index contributed by atoms with van der Waals surface area (Å²) in [5, 5.41) is 10.3. The zero-order valence-electron chi connectivity index (χ0n) is 15.4. The minimum Gasteiger partial charge on any atom is -0.497 e. The third-order valence-electron chi connectivity index (χ3n) is 4.51. The van der Waals surface area contributed by atoms with E-state index in [2.05, 4.69) is 36.5 Å². The van der Waals surface area contributed by atoms with Crippen LogP contribution in [0.2, 0.25) is 0 Å². The Kier molecular flexibility index (Phi) is 5.42. The van der Waals surface area contributed by atoms with Crippen molar-refractivity contribution in [3.63, 3.8) is 0 Å². The average molecular weight is 369 g/mol. The van der Waals surface area contributed by atoms with Gasteiger partial charge in [-0.05, 0) is 42.9 Å². The molecule has 0 bridgehead atoms. The minimum atomic E-state index is 0.0430. The molecule has 0 aromatic heterocycles. The van der Waals surface area contributed by atoms with E-state index in [1.807, 2.05) is 30.3 Å². The molecule has 6 heteroatoms. The van der Waals surface area contributed by atoms with Crippen molar-refractivity contribution in [3.05, 3.63) is 59.2 Å². The molecule has 136 valence electrons. The summed E-state index contributed by atoms with van der Waals surface area (Å²) in [6.07, 6.45) is 0.731. The van der Waals surface area contributed by atoms with E-state index in [1.54, 1.807) is 14.2 Å². The van der Waals surface area contributed by atoms with Gasteiger partial charge in [0.25, 0.3) is 0 Å². The zero-order valence-corrected chi connectivity index (χ0v) is 16.3. The smallest absolute Gasteiger partial charge is 0.189 e. The molecular formula is C20H23N3O2S. The minimum absolute atomic E-state index is 0.0430. The van der Waals surface area contributed by atoms with Crippen LogP contribution in [0.25, 0.3) is 0 Å². The van der Waals surface area contributed by atoms with Gasteiger partial charge in [0.15, 0.2) is 5.11 Å². The van der Waals surface area contributed by atoms with Gasteiger partial charge < -0.3 is 14.8 Å². The van der Waals surface area contributed by atoms with Crippen LogP contribution in [0.4, 0.5) is 0 Å².